The summed E-state index contributed by atoms with van der Waals surface area (Å²) < 4.78 is 45.2. The van der Waals surface area contributed by atoms with Gasteiger partial charge < -0.3 is 9.84 Å². The van der Waals surface area contributed by atoms with Gasteiger partial charge in [0, 0.05) is 25.4 Å². The third-order valence-corrected chi connectivity index (χ3v) is 4.57. The molecule has 0 aliphatic rings. The fraction of sp³-hybridized carbons (Fsp3) is 0.190. The van der Waals surface area contributed by atoms with Crippen molar-refractivity contribution in [3.63, 3.8) is 0 Å². The van der Waals surface area contributed by atoms with Gasteiger partial charge in [0.1, 0.15) is 17.8 Å². The Balaban J connectivity index is 1.41. The van der Waals surface area contributed by atoms with E-state index in [0.29, 0.717) is 35.1 Å². The van der Waals surface area contributed by atoms with E-state index in [4.69, 9.17) is 4.52 Å². The third kappa shape index (κ3) is 4.66. The van der Waals surface area contributed by atoms with Crippen LogP contribution in [-0.4, -0.2) is 30.6 Å². The van der Waals surface area contributed by atoms with E-state index in [-0.39, 0.29) is 12.2 Å². The molecule has 32 heavy (non-hydrogen) atoms. The molecule has 164 valence electrons. The molecule has 8 nitrogen and oxygen atoms in total. The van der Waals surface area contributed by atoms with E-state index in [2.05, 4.69) is 25.4 Å². The predicted octanol–water partition coefficient (Wildman–Crippen LogP) is 3.83. The number of nitrogens with zero attached hydrogens (tertiary/aromatic N) is 5. The molecule has 1 aromatic carbocycles. The number of rotatable bonds is 6. The van der Waals surface area contributed by atoms with E-state index in [0.717, 1.165) is 12.1 Å². The Morgan fingerprint density at radius 1 is 1.19 bits per heavy atom. The van der Waals surface area contributed by atoms with Crippen LogP contribution in [0.3, 0.4) is 0 Å². The highest BCUT2D eigenvalue weighted by Crippen LogP contribution is 2.29. The maximum Gasteiger partial charge on any atom is 0.416 e. The van der Waals surface area contributed by atoms with Gasteiger partial charge in [-0.25, -0.2) is 9.97 Å². The SMILES string of the molecule is CCc1noc(-c2ccc(-n3cnc(C(=O)NCc4cccc(C(F)(F)F)c4)c3)nc2)n1. The van der Waals surface area contributed by atoms with Crippen molar-refractivity contribution in [3.8, 4) is 17.3 Å². The lowest BCUT2D eigenvalue weighted by Gasteiger charge is -2.09. The number of carbonyl (C=O) groups excluding carboxylic acids is 1. The largest absolute Gasteiger partial charge is 0.416 e. The molecule has 1 N–H and O–H groups in total. The number of hydrogen-bond acceptors (Lipinski definition) is 6. The van der Waals surface area contributed by atoms with E-state index in [9.17, 15) is 18.0 Å². The summed E-state index contributed by atoms with van der Waals surface area (Å²) in [5, 5.41) is 6.41. The fourth-order valence-corrected chi connectivity index (χ4v) is 2.88. The Morgan fingerprint density at radius 2 is 2.03 bits per heavy atom. The number of aryl methyl sites for hydroxylation is 1. The molecule has 0 unspecified atom stereocenters. The first kappa shape index (κ1) is 21.2. The lowest BCUT2D eigenvalue weighted by atomic mass is 10.1. The molecule has 1 amide bonds. The Morgan fingerprint density at radius 3 is 2.72 bits per heavy atom. The molecule has 0 aliphatic heterocycles. The fourth-order valence-electron chi connectivity index (χ4n) is 2.88. The van der Waals surface area contributed by atoms with Crippen molar-refractivity contribution in [3.05, 3.63) is 77.8 Å². The quantitative estimate of drug-likeness (QED) is 0.487. The zero-order valence-electron chi connectivity index (χ0n) is 16.8. The van der Waals surface area contributed by atoms with Gasteiger partial charge >= 0.3 is 6.18 Å². The van der Waals surface area contributed by atoms with Crippen LogP contribution in [0.5, 0.6) is 0 Å². The normalized spacial score (nSPS) is 11.5. The number of imidazole rings is 1. The number of amides is 1. The van der Waals surface area contributed by atoms with E-state index >= 15 is 0 Å². The minimum Gasteiger partial charge on any atom is -0.347 e. The molecule has 3 aromatic heterocycles. The molecule has 4 aromatic rings. The molecule has 0 atom stereocenters. The highest BCUT2D eigenvalue weighted by Gasteiger charge is 2.30. The van der Waals surface area contributed by atoms with Crippen LogP contribution in [0.4, 0.5) is 13.2 Å². The lowest BCUT2D eigenvalue weighted by Crippen LogP contribution is -2.23. The van der Waals surface area contributed by atoms with Gasteiger partial charge in [0.15, 0.2) is 5.82 Å². The zero-order valence-corrected chi connectivity index (χ0v) is 16.8. The van der Waals surface area contributed by atoms with Crippen LogP contribution in [0.15, 0.2) is 59.6 Å². The molecule has 4 rings (SSSR count). The van der Waals surface area contributed by atoms with Crippen molar-refractivity contribution in [2.24, 2.45) is 0 Å². The summed E-state index contributed by atoms with van der Waals surface area (Å²) in [5.74, 6) is 0.949. The maximum atomic E-state index is 12.8. The van der Waals surface area contributed by atoms with E-state index in [1.807, 2.05) is 6.92 Å². The maximum absolute atomic E-state index is 12.8. The smallest absolute Gasteiger partial charge is 0.347 e. The minimum atomic E-state index is -4.44. The van der Waals surface area contributed by atoms with Crippen LogP contribution in [0.1, 0.15) is 34.4 Å². The molecule has 0 radical (unpaired) electrons. The van der Waals surface area contributed by atoms with Gasteiger partial charge in [-0.1, -0.05) is 24.2 Å². The average Bonchev–Trinajstić information content (AvgIpc) is 3.47. The first-order chi connectivity index (χ1) is 15.3. The predicted molar refractivity (Wildman–Crippen MR) is 107 cm³/mol. The van der Waals surface area contributed by atoms with Crippen LogP contribution < -0.4 is 5.32 Å². The first-order valence-electron chi connectivity index (χ1n) is 9.61. The van der Waals surface area contributed by atoms with Gasteiger partial charge in [-0.2, -0.15) is 18.2 Å². The number of benzene rings is 1. The third-order valence-electron chi connectivity index (χ3n) is 4.57. The summed E-state index contributed by atoms with van der Waals surface area (Å²) >= 11 is 0. The molecule has 0 aliphatic carbocycles. The van der Waals surface area contributed by atoms with E-state index in [1.54, 1.807) is 22.9 Å². The second kappa shape index (κ2) is 8.61. The van der Waals surface area contributed by atoms with Gasteiger partial charge in [-0.15, -0.1) is 0 Å². The van der Waals surface area contributed by atoms with Crippen LogP contribution in [0.25, 0.3) is 17.3 Å². The van der Waals surface area contributed by atoms with Gasteiger partial charge in [0.2, 0.25) is 0 Å². The molecule has 11 heteroatoms. The summed E-state index contributed by atoms with van der Waals surface area (Å²) in [7, 11) is 0. The molecular weight excluding hydrogens is 425 g/mol. The van der Waals surface area contributed by atoms with Crippen molar-refractivity contribution in [2.45, 2.75) is 26.1 Å². The number of aromatic nitrogens is 5. The van der Waals surface area contributed by atoms with E-state index in [1.165, 1.54) is 24.7 Å². The van der Waals surface area contributed by atoms with Crippen molar-refractivity contribution in [2.75, 3.05) is 0 Å². The topological polar surface area (TPSA) is 98.7 Å². The Kier molecular flexibility index (Phi) is 5.71. The highest BCUT2D eigenvalue weighted by atomic mass is 19.4. The standard InChI is InChI=1S/C21H17F3N6O2/c1-2-17-28-20(32-29-17)14-6-7-18(25-10-14)30-11-16(27-12-30)19(31)26-9-13-4-3-5-15(8-13)21(22,23)24/h3-8,10-12H,2,9H2,1H3,(H,26,31). The number of carbonyl (C=O) groups is 1. The Bertz CT molecular complexity index is 1230. The number of pyridine rings is 1. The number of hydrogen-bond donors (Lipinski definition) is 1. The molecule has 0 spiro atoms. The summed E-state index contributed by atoms with van der Waals surface area (Å²) in [5.41, 5.74) is 0.319. The number of alkyl halides is 3. The lowest BCUT2D eigenvalue weighted by molar-refractivity contribution is -0.137. The van der Waals surface area contributed by atoms with Crippen LogP contribution >= 0.6 is 0 Å². The summed E-state index contributed by atoms with van der Waals surface area (Å²) in [6.07, 6.45) is 0.677. The van der Waals surface area contributed by atoms with Gasteiger partial charge in [0.05, 0.1) is 11.1 Å². The average molecular weight is 442 g/mol. The summed E-state index contributed by atoms with van der Waals surface area (Å²) in [4.78, 5) is 25.0. The monoisotopic (exact) mass is 442 g/mol. The molecule has 0 saturated heterocycles. The van der Waals surface area contributed by atoms with Gasteiger partial charge in [-0.05, 0) is 29.8 Å². The van der Waals surface area contributed by atoms with Crippen molar-refractivity contribution >= 4 is 5.91 Å². The minimum absolute atomic E-state index is 0.0630. The van der Waals surface area contributed by atoms with Crippen LogP contribution in [0, 0.1) is 0 Å². The van der Waals surface area contributed by atoms with Gasteiger partial charge in [-0.3, -0.25) is 9.36 Å². The molecule has 0 bridgehead atoms. The molecule has 0 fully saturated rings. The number of halogens is 3. The summed E-state index contributed by atoms with van der Waals surface area (Å²) in [6.45, 7) is 1.86. The zero-order chi connectivity index (χ0) is 22.7. The Hall–Kier alpha value is -4.02. The molecule has 3 heterocycles. The van der Waals surface area contributed by atoms with E-state index < -0.39 is 17.6 Å². The van der Waals surface area contributed by atoms with Crippen molar-refractivity contribution in [1.29, 1.82) is 0 Å². The second-order valence-corrected chi connectivity index (χ2v) is 6.82. The second-order valence-electron chi connectivity index (χ2n) is 6.82. The number of nitrogens with one attached hydrogen (secondary N) is 1. The molecule has 0 saturated carbocycles. The van der Waals surface area contributed by atoms with Crippen molar-refractivity contribution in [1.82, 2.24) is 30.0 Å². The summed E-state index contributed by atoms with van der Waals surface area (Å²) in [6, 6.07) is 8.24. The Labute approximate surface area is 180 Å². The van der Waals surface area contributed by atoms with Crippen LogP contribution in [-0.2, 0) is 19.1 Å². The van der Waals surface area contributed by atoms with Crippen LogP contribution in [0.2, 0.25) is 0 Å². The van der Waals surface area contributed by atoms with Crippen molar-refractivity contribution < 1.29 is 22.5 Å². The first-order valence-corrected chi connectivity index (χ1v) is 9.61. The molecular formula is C21H17F3N6O2. The van der Waals surface area contributed by atoms with Gasteiger partial charge in [0.25, 0.3) is 11.8 Å². The highest BCUT2D eigenvalue weighted by molar-refractivity contribution is 5.92.